The normalized spacial score (nSPS) is 11.6. The summed E-state index contributed by atoms with van der Waals surface area (Å²) in [7, 11) is 1.63. The second kappa shape index (κ2) is 9.55. The first kappa shape index (κ1) is 22.7. The average Bonchev–Trinajstić information content (AvgIpc) is 3.24. The molecule has 0 aliphatic heterocycles. The summed E-state index contributed by atoms with van der Waals surface area (Å²) in [5.41, 5.74) is 7.17. The summed E-state index contributed by atoms with van der Waals surface area (Å²) in [6.45, 7) is 5.94. The van der Waals surface area contributed by atoms with Gasteiger partial charge < -0.3 is 14.5 Å². The lowest BCUT2D eigenvalue weighted by atomic mass is 9.96. The van der Waals surface area contributed by atoms with Gasteiger partial charge in [-0.3, -0.25) is 4.79 Å². The van der Waals surface area contributed by atoms with Crippen molar-refractivity contribution < 1.29 is 13.9 Å². The number of methoxy groups -OCH3 is 1. The van der Waals surface area contributed by atoms with Crippen molar-refractivity contribution in [3.05, 3.63) is 88.6 Å². The molecule has 33 heavy (non-hydrogen) atoms. The summed E-state index contributed by atoms with van der Waals surface area (Å²) in [6, 6.07) is 17.5. The molecule has 0 spiro atoms. The Labute approximate surface area is 198 Å². The van der Waals surface area contributed by atoms with E-state index >= 15 is 0 Å². The van der Waals surface area contributed by atoms with Crippen LogP contribution in [-0.2, 0) is 11.2 Å². The number of furan rings is 1. The van der Waals surface area contributed by atoms with Crippen molar-refractivity contribution >= 4 is 39.7 Å². The molecular weight excluding hydrogens is 434 g/mol. The molecule has 0 atom stereocenters. The first-order chi connectivity index (χ1) is 15.9. The number of halogens is 1. The van der Waals surface area contributed by atoms with Crippen LogP contribution in [0.15, 0.2) is 71.4 Å². The van der Waals surface area contributed by atoms with Gasteiger partial charge in [-0.05, 0) is 61.2 Å². The van der Waals surface area contributed by atoms with E-state index in [1.165, 1.54) is 0 Å². The van der Waals surface area contributed by atoms with Crippen molar-refractivity contribution in [2.75, 3.05) is 12.4 Å². The molecule has 0 radical (unpaired) electrons. The van der Waals surface area contributed by atoms with Crippen LogP contribution in [0.4, 0.5) is 5.69 Å². The topological polar surface area (TPSA) is 51.5 Å². The maximum absolute atomic E-state index is 12.8. The van der Waals surface area contributed by atoms with Crippen LogP contribution in [0.2, 0.25) is 5.02 Å². The lowest BCUT2D eigenvalue weighted by Gasteiger charge is -2.14. The average molecular weight is 460 g/mol. The summed E-state index contributed by atoms with van der Waals surface area (Å²) in [4.78, 5) is 12.8. The van der Waals surface area contributed by atoms with Crippen LogP contribution in [0.1, 0.15) is 30.5 Å². The third-order valence-electron chi connectivity index (χ3n) is 5.83. The van der Waals surface area contributed by atoms with Gasteiger partial charge in [-0.25, -0.2) is 0 Å². The highest BCUT2D eigenvalue weighted by Crippen LogP contribution is 2.40. The van der Waals surface area contributed by atoms with E-state index < -0.39 is 0 Å². The largest absolute Gasteiger partial charge is 0.496 e. The van der Waals surface area contributed by atoms with Gasteiger partial charge in [0.25, 0.3) is 0 Å². The van der Waals surface area contributed by atoms with Gasteiger partial charge in [0.05, 0.1) is 13.4 Å². The summed E-state index contributed by atoms with van der Waals surface area (Å²) in [5, 5.41) is 4.64. The van der Waals surface area contributed by atoms with Gasteiger partial charge >= 0.3 is 0 Å². The number of anilines is 1. The Morgan fingerprint density at radius 3 is 2.58 bits per heavy atom. The van der Waals surface area contributed by atoms with E-state index in [0.717, 1.165) is 56.5 Å². The molecule has 1 heterocycles. The number of benzene rings is 3. The van der Waals surface area contributed by atoms with Crippen LogP contribution >= 0.6 is 11.6 Å². The highest BCUT2D eigenvalue weighted by atomic mass is 35.5. The molecule has 3 aromatic carbocycles. The highest BCUT2D eigenvalue weighted by molar-refractivity contribution is 6.30. The van der Waals surface area contributed by atoms with Gasteiger partial charge in [0.2, 0.25) is 5.91 Å². The van der Waals surface area contributed by atoms with Crippen LogP contribution in [0.3, 0.4) is 0 Å². The molecule has 0 aliphatic carbocycles. The van der Waals surface area contributed by atoms with Crippen molar-refractivity contribution in [3.8, 4) is 16.9 Å². The monoisotopic (exact) mass is 459 g/mol. The smallest absolute Gasteiger partial charge is 0.248 e. The number of aryl methyl sites for hydroxylation is 2. The number of allylic oxidation sites excluding steroid dienone is 1. The molecule has 1 aromatic heterocycles. The number of hydrogen-bond acceptors (Lipinski definition) is 3. The minimum Gasteiger partial charge on any atom is -0.496 e. The van der Waals surface area contributed by atoms with Gasteiger partial charge in [-0.15, -0.1) is 0 Å². The van der Waals surface area contributed by atoms with Crippen LogP contribution in [0, 0.1) is 6.92 Å². The number of carbonyl (C=O) groups is 1. The van der Waals surface area contributed by atoms with E-state index in [1.54, 1.807) is 19.4 Å². The molecular formula is C28H26ClNO3. The first-order valence-corrected chi connectivity index (χ1v) is 11.2. The van der Waals surface area contributed by atoms with E-state index in [2.05, 4.69) is 12.2 Å². The first-order valence-electron chi connectivity index (χ1n) is 10.8. The number of ether oxygens (including phenoxy) is 1. The minimum atomic E-state index is -0.182. The van der Waals surface area contributed by atoms with Crippen LogP contribution in [0.5, 0.6) is 5.75 Å². The van der Waals surface area contributed by atoms with Crippen LogP contribution in [0.25, 0.3) is 27.7 Å². The van der Waals surface area contributed by atoms with Gasteiger partial charge in [0, 0.05) is 38.9 Å². The van der Waals surface area contributed by atoms with Crippen molar-refractivity contribution in [1.29, 1.82) is 0 Å². The Morgan fingerprint density at radius 2 is 1.88 bits per heavy atom. The van der Waals surface area contributed by atoms with Crippen molar-refractivity contribution in [1.82, 2.24) is 0 Å². The fraction of sp³-hybridized carbons (Fsp3) is 0.179. The summed E-state index contributed by atoms with van der Waals surface area (Å²) in [6.07, 6.45) is 4.20. The van der Waals surface area contributed by atoms with E-state index in [-0.39, 0.29) is 5.91 Å². The highest BCUT2D eigenvalue weighted by Gasteiger charge is 2.19. The molecule has 5 heteroatoms. The zero-order valence-electron chi connectivity index (χ0n) is 19.2. The van der Waals surface area contributed by atoms with Crippen molar-refractivity contribution in [3.63, 3.8) is 0 Å². The molecule has 0 saturated carbocycles. The van der Waals surface area contributed by atoms with Gasteiger partial charge in [-0.1, -0.05) is 48.9 Å². The fourth-order valence-electron chi connectivity index (χ4n) is 4.12. The van der Waals surface area contributed by atoms with Crippen LogP contribution in [-0.4, -0.2) is 13.0 Å². The molecule has 0 fully saturated rings. The molecule has 4 aromatic rings. The van der Waals surface area contributed by atoms with E-state index in [4.69, 9.17) is 20.8 Å². The molecule has 1 N–H and O–H groups in total. The Bertz CT molecular complexity index is 1350. The maximum atomic E-state index is 12.8. The van der Waals surface area contributed by atoms with Crippen LogP contribution < -0.4 is 10.1 Å². The standard InChI is InChI=1S/C28H26ClNO3/c1-5-19-8-6-7-9-25(19)30-26(31)14-17(2)22-15-23-24(20-10-12-21(29)13-11-20)16-33-28(23)18(3)27(22)32-4/h6-16H,5H2,1-4H3,(H,30,31)/b17-14+. The lowest BCUT2D eigenvalue weighted by Crippen LogP contribution is -2.10. The molecule has 0 aliphatic rings. The molecule has 4 rings (SSSR count). The maximum Gasteiger partial charge on any atom is 0.248 e. The quantitative estimate of drug-likeness (QED) is 0.301. The van der Waals surface area contributed by atoms with Gasteiger partial charge in [-0.2, -0.15) is 0 Å². The number of amides is 1. The van der Waals surface area contributed by atoms with Gasteiger partial charge in [0.15, 0.2) is 0 Å². The number of para-hydroxylation sites is 1. The third kappa shape index (κ3) is 4.53. The predicted molar refractivity (Wildman–Crippen MR) is 136 cm³/mol. The predicted octanol–water partition coefficient (Wildman–Crippen LogP) is 7.67. The van der Waals surface area contributed by atoms with Crippen molar-refractivity contribution in [2.24, 2.45) is 0 Å². The Morgan fingerprint density at radius 1 is 1.15 bits per heavy atom. The fourth-order valence-corrected chi connectivity index (χ4v) is 4.24. The summed E-state index contributed by atoms with van der Waals surface area (Å²) in [5.74, 6) is 0.508. The number of hydrogen-bond donors (Lipinski definition) is 1. The third-order valence-corrected chi connectivity index (χ3v) is 6.08. The summed E-state index contributed by atoms with van der Waals surface area (Å²) >= 11 is 6.06. The molecule has 1 amide bonds. The number of nitrogens with one attached hydrogen (secondary N) is 1. The zero-order valence-corrected chi connectivity index (χ0v) is 19.9. The SMILES string of the molecule is CCc1ccccc1NC(=O)/C=C(\C)c1cc2c(-c3ccc(Cl)cc3)coc2c(C)c1OC. The Hall–Kier alpha value is -3.50. The molecule has 0 unspecified atom stereocenters. The minimum absolute atomic E-state index is 0.182. The van der Waals surface area contributed by atoms with Crippen molar-refractivity contribution in [2.45, 2.75) is 27.2 Å². The number of carbonyl (C=O) groups excluding carboxylic acids is 1. The van der Waals surface area contributed by atoms with E-state index in [9.17, 15) is 4.79 Å². The second-order valence-electron chi connectivity index (χ2n) is 7.94. The summed E-state index contributed by atoms with van der Waals surface area (Å²) < 4.78 is 11.6. The molecule has 0 bridgehead atoms. The van der Waals surface area contributed by atoms with E-state index in [1.807, 2.05) is 68.4 Å². The van der Waals surface area contributed by atoms with Gasteiger partial charge in [0.1, 0.15) is 11.3 Å². The van der Waals surface area contributed by atoms with E-state index in [0.29, 0.717) is 10.8 Å². The Balaban J connectivity index is 1.76. The lowest BCUT2D eigenvalue weighted by molar-refractivity contribution is -0.111. The number of rotatable bonds is 6. The number of fused-ring (bicyclic) bond motifs is 1. The second-order valence-corrected chi connectivity index (χ2v) is 8.38. The molecule has 168 valence electrons. The Kier molecular flexibility index (Phi) is 6.57. The molecule has 0 saturated heterocycles. The zero-order chi connectivity index (χ0) is 23.5. The molecule has 4 nitrogen and oxygen atoms in total.